The van der Waals surface area contributed by atoms with E-state index in [1.54, 1.807) is 19.4 Å². The largest absolute Gasteiger partial charge is 0.480 e. The minimum Gasteiger partial charge on any atom is -0.480 e. The molecule has 5 atom stereocenters. The molecular weight excluding hydrogens is 342 g/mol. The molecule has 4 aliphatic carbocycles. The van der Waals surface area contributed by atoms with Gasteiger partial charge in [-0.2, -0.15) is 0 Å². The van der Waals surface area contributed by atoms with E-state index in [1.807, 2.05) is 6.08 Å². The van der Waals surface area contributed by atoms with Crippen molar-refractivity contribution >= 4 is 11.8 Å². The van der Waals surface area contributed by atoms with E-state index in [1.165, 1.54) is 36.8 Å². The summed E-state index contributed by atoms with van der Waals surface area (Å²) < 4.78 is 0. The van der Waals surface area contributed by atoms with E-state index in [4.69, 9.17) is 10.8 Å². The summed E-state index contributed by atoms with van der Waals surface area (Å²) in [6, 6.07) is -0.713. The lowest BCUT2D eigenvalue weighted by atomic mass is 9.63. The summed E-state index contributed by atoms with van der Waals surface area (Å²) in [5.74, 6) is 1.42. The Kier molecular flexibility index (Phi) is 6.21. The van der Waals surface area contributed by atoms with Crippen molar-refractivity contribution in [3.63, 3.8) is 0 Å². The minimum absolute atomic E-state index is 0.0208. The topological polar surface area (TPSA) is 101 Å². The van der Waals surface area contributed by atoms with Gasteiger partial charge in [0.25, 0.3) is 0 Å². The Morgan fingerprint density at radius 1 is 1.07 bits per heavy atom. The lowest BCUT2D eigenvalue weighted by Crippen LogP contribution is -2.34. The molecule has 0 heterocycles. The molecule has 0 aromatic rings. The fourth-order valence-corrected chi connectivity index (χ4v) is 5.46. The molecule has 27 heavy (non-hydrogen) atoms. The van der Waals surface area contributed by atoms with Crippen molar-refractivity contribution in [1.82, 2.24) is 0 Å². The number of carbonyl (C=O) groups is 2. The van der Waals surface area contributed by atoms with Crippen molar-refractivity contribution in [1.29, 1.82) is 0 Å². The summed E-state index contributed by atoms with van der Waals surface area (Å²) in [6.45, 7) is 3.55. The summed E-state index contributed by atoms with van der Waals surface area (Å²) >= 11 is 0. The number of carboxylic acid groups (broad SMARTS) is 1. The Morgan fingerprint density at radius 2 is 1.81 bits per heavy atom. The number of ketones is 1. The molecule has 2 fully saturated rings. The second-order valence-electron chi connectivity index (χ2n) is 8.90. The maximum atomic E-state index is 11.6. The Bertz CT molecular complexity index is 663. The summed E-state index contributed by atoms with van der Waals surface area (Å²) in [7, 11) is 0. The zero-order valence-electron chi connectivity index (χ0n) is 16.5. The van der Waals surface area contributed by atoms with Crippen LogP contribution in [0.15, 0.2) is 22.8 Å². The van der Waals surface area contributed by atoms with E-state index >= 15 is 0 Å². The second-order valence-corrected chi connectivity index (χ2v) is 8.90. The van der Waals surface area contributed by atoms with Crippen molar-refractivity contribution in [2.24, 2.45) is 29.4 Å². The average molecular weight is 376 g/mol. The highest BCUT2D eigenvalue weighted by molar-refractivity contribution is 5.93. The van der Waals surface area contributed by atoms with Gasteiger partial charge in [0.15, 0.2) is 5.78 Å². The van der Waals surface area contributed by atoms with Crippen LogP contribution in [0.1, 0.15) is 65.2 Å². The van der Waals surface area contributed by atoms with Crippen molar-refractivity contribution in [3.05, 3.63) is 22.8 Å². The molecule has 150 valence electrons. The third kappa shape index (κ3) is 4.19. The summed E-state index contributed by atoms with van der Waals surface area (Å²) in [5.41, 5.74) is 9.71. The Labute approximate surface area is 161 Å². The van der Waals surface area contributed by atoms with Crippen molar-refractivity contribution in [3.8, 4) is 0 Å². The molecule has 0 aromatic carbocycles. The molecule has 0 unspecified atom stereocenters. The van der Waals surface area contributed by atoms with E-state index in [9.17, 15) is 14.7 Å². The Morgan fingerprint density at radius 3 is 2.44 bits per heavy atom. The molecule has 4 N–H and O–H groups in total. The highest BCUT2D eigenvalue weighted by Gasteiger charge is 2.45. The molecule has 4 aliphatic rings. The molecule has 4 rings (SSSR count). The van der Waals surface area contributed by atoms with Gasteiger partial charge in [-0.3, -0.25) is 9.59 Å². The van der Waals surface area contributed by atoms with E-state index in [2.05, 4.69) is 0 Å². The maximum Gasteiger partial charge on any atom is 0.320 e. The van der Waals surface area contributed by atoms with Gasteiger partial charge in [0.05, 0.1) is 6.10 Å². The second kappa shape index (κ2) is 8.27. The van der Waals surface area contributed by atoms with Gasteiger partial charge in [0.1, 0.15) is 6.04 Å². The quantitative estimate of drug-likeness (QED) is 0.688. The highest BCUT2D eigenvalue weighted by atomic mass is 16.4. The number of rotatable bonds is 2. The van der Waals surface area contributed by atoms with Gasteiger partial charge in [0, 0.05) is 6.42 Å². The zero-order chi connectivity index (χ0) is 19.7. The molecule has 2 saturated carbocycles. The van der Waals surface area contributed by atoms with Gasteiger partial charge >= 0.3 is 5.97 Å². The van der Waals surface area contributed by atoms with E-state index in [-0.39, 0.29) is 12.0 Å². The van der Waals surface area contributed by atoms with Gasteiger partial charge in [-0.25, -0.2) is 0 Å². The van der Waals surface area contributed by atoms with Gasteiger partial charge in [-0.15, -0.1) is 0 Å². The van der Waals surface area contributed by atoms with Crippen LogP contribution in [0.5, 0.6) is 0 Å². The fraction of sp³-hybridized carbons (Fsp3) is 0.727. The SMILES string of the molecule is CC(C)[C@H](N)C(=O)O.O=C1C=C2CC[C@@H]3C(=C2CC1)CC[C@H]1[C@H]3CC[C@@H]1O. The van der Waals surface area contributed by atoms with E-state index in [0.29, 0.717) is 18.1 Å². The van der Waals surface area contributed by atoms with Crippen LogP contribution in [0.25, 0.3) is 0 Å². The number of nitrogens with two attached hydrogens (primary N) is 1. The third-order valence-corrected chi connectivity index (χ3v) is 7.01. The summed E-state index contributed by atoms with van der Waals surface area (Å²) in [4.78, 5) is 21.6. The Hall–Kier alpha value is -1.46. The Balaban J connectivity index is 0.000000226. The maximum absolute atomic E-state index is 11.6. The van der Waals surface area contributed by atoms with Gasteiger partial charge in [-0.05, 0) is 85.8 Å². The average Bonchev–Trinajstić information content (AvgIpc) is 3.02. The van der Waals surface area contributed by atoms with Crippen LogP contribution in [0.4, 0.5) is 0 Å². The third-order valence-electron chi connectivity index (χ3n) is 7.01. The van der Waals surface area contributed by atoms with Crippen LogP contribution in [0, 0.1) is 23.7 Å². The smallest absolute Gasteiger partial charge is 0.320 e. The first-order valence-electron chi connectivity index (χ1n) is 10.4. The van der Waals surface area contributed by atoms with Gasteiger partial charge < -0.3 is 15.9 Å². The number of carboxylic acids is 1. The first-order valence-corrected chi connectivity index (χ1v) is 10.4. The molecule has 5 nitrogen and oxygen atoms in total. The van der Waals surface area contributed by atoms with Gasteiger partial charge in [-0.1, -0.05) is 19.4 Å². The van der Waals surface area contributed by atoms with E-state index < -0.39 is 12.0 Å². The number of aliphatic hydroxyl groups excluding tert-OH is 1. The van der Waals surface area contributed by atoms with Crippen LogP contribution in [0.2, 0.25) is 0 Å². The number of aliphatic hydroxyl groups is 1. The van der Waals surface area contributed by atoms with Gasteiger partial charge in [0.2, 0.25) is 0 Å². The predicted octanol–water partition coefficient (Wildman–Crippen LogP) is 3.22. The number of allylic oxidation sites excluding steroid dienone is 4. The van der Waals surface area contributed by atoms with Crippen molar-refractivity contribution in [2.75, 3.05) is 0 Å². The molecule has 0 aromatic heterocycles. The molecule has 0 aliphatic heterocycles. The number of aliphatic carboxylic acids is 1. The molecule has 5 heteroatoms. The molecule has 0 bridgehead atoms. The monoisotopic (exact) mass is 375 g/mol. The number of carbonyl (C=O) groups excluding carboxylic acids is 1. The molecule has 0 saturated heterocycles. The number of hydrogen-bond acceptors (Lipinski definition) is 4. The van der Waals surface area contributed by atoms with Crippen molar-refractivity contribution in [2.45, 2.75) is 77.4 Å². The highest BCUT2D eigenvalue weighted by Crippen LogP contribution is 2.54. The normalized spacial score (nSPS) is 33.4. The molecule has 0 spiro atoms. The molecule has 0 amide bonds. The lowest BCUT2D eigenvalue weighted by Gasteiger charge is -2.42. The number of hydrogen-bond donors (Lipinski definition) is 3. The zero-order valence-corrected chi connectivity index (χ0v) is 16.5. The minimum atomic E-state index is -0.931. The van der Waals surface area contributed by atoms with E-state index in [0.717, 1.165) is 31.1 Å². The fourth-order valence-electron chi connectivity index (χ4n) is 5.46. The number of fused-ring (bicyclic) bond motifs is 4. The van der Waals surface area contributed by atoms with Crippen LogP contribution >= 0.6 is 0 Å². The predicted molar refractivity (Wildman–Crippen MR) is 104 cm³/mol. The summed E-state index contributed by atoms with van der Waals surface area (Å²) in [6.07, 6.45) is 10.4. The summed E-state index contributed by atoms with van der Waals surface area (Å²) in [5, 5.41) is 18.3. The first-order chi connectivity index (χ1) is 12.8. The first kappa shape index (κ1) is 20.3. The van der Waals surface area contributed by atoms with Crippen molar-refractivity contribution < 1.29 is 19.8 Å². The standard InChI is InChI=1S/C17H22O2.C5H11NO2/c18-11-2-4-12-10(9-11)1-3-14-13(12)5-6-16-15(14)7-8-17(16)19;1-3(2)4(6)5(7)8/h9,14-17,19H,1-8H2;3-4H,6H2,1-2H3,(H,7,8)/t14-,15+,16+,17+;4-/m10/s1. The van der Waals surface area contributed by atoms with Crippen LogP contribution in [-0.2, 0) is 9.59 Å². The molecular formula is C22H33NO4. The van der Waals surface area contributed by atoms with Crippen LogP contribution < -0.4 is 5.73 Å². The van der Waals surface area contributed by atoms with Crippen LogP contribution in [-0.4, -0.2) is 34.1 Å². The lowest BCUT2D eigenvalue weighted by molar-refractivity contribution is -0.139. The molecule has 0 radical (unpaired) electrons. The van der Waals surface area contributed by atoms with Crippen LogP contribution in [0.3, 0.4) is 0 Å².